The molecule has 0 saturated carbocycles. The van der Waals surface area contributed by atoms with E-state index in [4.69, 9.17) is 27.9 Å². The molecule has 2 aromatic carbocycles. The molecule has 5 rings (SSSR count). The largest absolute Gasteiger partial charge is 0.490 e. The van der Waals surface area contributed by atoms with Crippen molar-refractivity contribution in [2.75, 3.05) is 13.2 Å². The molecule has 0 unspecified atom stereocenters. The number of halogens is 3. The molecule has 0 N–H and O–H groups in total. The lowest BCUT2D eigenvalue weighted by Crippen LogP contribution is -2.25. The summed E-state index contributed by atoms with van der Waals surface area (Å²) in [5.41, 5.74) is 3.95. The summed E-state index contributed by atoms with van der Waals surface area (Å²) in [7, 11) is 0. The van der Waals surface area contributed by atoms with Crippen LogP contribution < -0.4 is 4.74 Å². The average molecular weight is 442 g/mol. The first kappa shape index (κ1) is 19.4. The standard InChI is InChI=1S/C23H18Cl2FN3O/c24-20-12-19(29-6-4-16-10-18(26)1-2-21(16)29)11-17-14-28(7-8-30-23(17)20)13-15-3-5-27-22(25)9-15/h1-6,9-12H,7-8,13-14H2. The van der Waals surface area contributed by atoms with Crippen molar-refractivity contribution in [1.29, 1.82) is 0 Å². The molecule has 0 amide bonds. The number of benzene rings is 2. The summed E-state index contributed by atoms with van der Waals surface area (Å²) >= 11 is 12.6. The first-order valence-electron chi connectivity index (χ1n) is 9.62. The molecule has 152 valence electrons. The van der Waals surface area contributed by atoms with Crippen LogP contribution in [0.4, 0.5) is 4.39 Å². The lowest BCUT2D eigenvalue weighted by molar-refractivity contribution is 0.219. The van der Waals surface area contributed by atoms with E-state index in [0.29, 0.717) is 23.3 Å². The third kappa shape index (κ3) is 3.76. The molecule has 30 heavy (non-hydrogen) atoms. The molecule has 1 aliphatic heterocycles. The SMILES string of the molecule is Fc1ccc2c(ccn2-c2cc(Cl)c3c(c2)CN(Cc2ccnc(Cl)c2)CCO3)c1. The number of nitrogens with zero attached hydrogens (tertiary/aromatic N) is 3. The molecular weight excluding hydrogens is 424 g/mol. The number of pyridine rings is 1. The van der Waals surface area contributed by atoms with E-state index < -0.39 is 0 Å². The summed E-state index contributed by atoms with van der Waals surface area (Å²) in [6.07, 6.45) is 3.64. The summed E-state index contributed by atoms with van der Waals surface area (Å²) in [4.78, 5) is 6.34. The van der Waals surface area contributed by atoms with Crippen molar-refractivity contribution in [3.63, 3.8) is 0 Å². The van der Waals surface area contributed by atoms with E-state index in [1.165, 1.54) is 12.1 Å². The lowest BCUT2D eigenvalue weighted by Gasteiger charge is -2.20. The highest BCUT2D eigenvalue weighted by molar-refractivity contribution is 6.32. The van der Waals surface area contributed by atoms with Crippen LogP contribution >= 0.6 is 23.2 Å². The third-order valence-corrected chi connectivity index (χ3v) is 5.77. The van der Waals surface area contributed by atoms with Gasteiger partial charge in [0.25, 0.3) is 0 Å². The molecule has 0 aliphatic carbocycles. The Morgan fingerprint density at radius 1 is 1.07 bits per heavy atom. The van der Waals surface area contributed by atoms with Gasteiger partial charge >= 0.3 is 0 Å². The molecule has 1 aliphatic rings. The zero-order valence-corrected chi connectivity index (χ0v) is 17.5. The molecule has 7 heteroatoms. The molecule has 3 heterocycles. The monoisotopic (exact) mass is 441 g/mol. The molecule has 0 saturated heterocycles. The second-order valence-corrected chi connectivity index (χ2v) is 8.15. The molecule has 4 aromatic rings. The quantitative estimate of drug-likeness (QED) is 0.372. The third-order valence-electron chi connectivity index (χ3n) is 5.28. The van der Waals surface area contributed by atoms with Crippen LogP contribution in [0.25, 0.3) is 16.6 Å². The number of hydrogen-bond acceptors (Lipinski definition) is 3. The van der Waals surface area contributed by atoms with Gasteiger partial charge in [-0.3, -0.25) is 4.90 Å². The maximum absolute atomic E-state index is 13.6. The molecule has 0 spiro atoms. The summed E-state index contributed by atoms with van der Waals surface area (Å²) in [5.74, 6) is 0.471. The van der Waals surface area contributed by atoms with Crippen LogP contribution in [0, 0.1) is 5.82 Å². The number of fused-ring (bicyclic) bond motifs is 2. The predicted molar refractivity (Wildman–Crippen MR) is 117 cm³/mol. The van der Waals surface area contributed by atoms with Crippen LogP contribution in [0.3, 0.4) is 0 Å². The topological polar surface area (TPSA) is 30.3 Å². The molecule has 0 fully saturated rings. The van der Waals surface area contributed by atoms with Crippen molar-refractivity contribution < 1.29 is 9.13 Å². The predicted octanol–water partition coefficient (Wildman–Crippen LogP) is 5.87. The molecule has 0 radical (unpaired) electrons. The lowest BCUT2D eigenvalue weighted by atomic mass is 10.1. The van der Waals surface area contributed by atoms with Gasteiger partial charge in [-0.1, -0.05) is 23.2 Å². The van der Waals surface area contributed by atoms with E-state index in [-0.39, 0.29) is 5.82 Å². The van der Waals surface area contributed by atoms with Gasteiger partial charge in [0.15, 0.2) is 0 Å². The van der Waals surface area contributed by atoms with Gasteiger partial charge in [0.2, 0.25) is 0 Å². The van der Waals surface area contributed by atoms with Crippen molar-refractivity contribution in [2.24, 2.45) is 0 Å². The van der Waals surface area contributed by atoms with Gasteiger partial charge in [-0.25, -0.2) is 9.37 Å². The van der Waals surface area contributed by atoms with Crippen molar-refractivity contribution in [2.45, 2.75) is 13.1 Å². The number of aromatic nitrogens is 2. The fourth-order valence-corrected chi connectivity index (χ4v) is 4.41. The molecular formula is C23H18Cl2FN3O. The highest BCUT2D eigenvalue weighted by Gasteiger charge is 2.20. The van der Waals surface area contributed by atoms with E-state index >= 15 is 0 Å². The van der Waals surface area contributed by atoms with Gasteiger partial charge in [0, 0.05) is 48.7 Å². The Hall–Kier alpha value is -2.60. The molecule has 4 nitrogen and oxygen atoms in total. The van der Waals surface area contributed by atoms with E-state index in [0.717, 1.165) is 46.6 Å². The van der Waals surface area contributed by atoms with Gasteiger partial charge in [-0.05, 0) is 54.1 Å². The Bertz CT molecular complexity index is 1240. The van der Waals surface area contributed by atoms with Crippen LogP contribution in [-0.2, 0) is 13.1 Å². The second-order valence-electron chi connectivity index (χ2n) is 7.35. The highest BCUT2D eigenvalue weighted by atomic mass is 35.5. The van der Waals surface area contributed by atoms with Gasteiger partial charge in [0.1, 0.15) is 23.3 Å². The Morgan fingerprint density at radius 3 is 2.83 bits per heavy atom. The van der Waals surface area contributed by atoms with Crippen molar-refractivity contribution in [3.8, 4) is 11.4 Å². The summed E-state index contributed by atoms with van der Waals surface area (Å²) < 4.78 is 21.6. The average Bonchev–Trinajstić information content (AvgIpc) is 3.01. The van der Waals surface area contributed by atoms with Crippen LogP contribution in [0.2, 0.25) is 10.2 Å². The second kappa shape index (κ2) is 7.91. The number of rotatable bonds is 3. The van der Waals surface area contributed by atoms with Crippen LogP contribution in [0.15, 0.2) is 60.9 Å². The van der Waals surface area contributed by atoms with Gasteiger partial charge in [-0.2, -0.15) is 0 Å². The fourth-order valence-electron chi connectivity index (χ4n) is 3.92. The summed E-state index contributed by atoms with van der Waals surface area (Å²) in [5, 5.41) is 1.90. The van der Waals surface area contributed by atoms with Crippen LogP contribution in [0.1, 0.15) is 11.1 Å². The first-order chi connectivity index (χ1) is 14.6. The minimum atomic E-state index is -0.250. The minimum Gasteiger partial charge on any atom is -0.490 e. The first-order valence-corrected chi connectivity index (χ1v) is 10.4. The Labute approximate surface area is 183 Å². The maximum Gasteiger partial charge on any atom is 0.142 e. The Kier molecular flexibility index (Phi) is 5.11. The summed E-state index contributed by atoms with van der Waals surface area (Å²) in [6, 6.07) is 14.5. The fraction of sp³-hybridized carbons (Fsp3) is 0.174. The van der Waals surface area contributed by atoms with Gasteiger partial charge in [0.05, 0.1) is 10.5 Å². The Morgan fingerprint density at radius 2 is 1.97 bits per heavy atom. The van der Waals surface area contributed by atoms with E-state index in [2.05, 4.69) is 16.0 Å². The zero-order chi connectivity index (χ0) is 20.7. The van der Waals surface area contributed by atoms with Crippen molar-refractivity contribution in [1.82, 2.24) is 14.5 Å². The van der Waals surface area contributed by atoms with Crippen LogP contribution in [0.5, 0.6) is 5.75 Å². The maximum atomic E-state index is 13.6. The van der Waals surface area contributed by atoms with Gasteiger partial charge < -0.3 is 9.30 Å². The molecule has 2 aromatic heterocycles. The van der Waals surface area contributed by atoms with Crippen molar-refractivity contribution in [3.05, 3.63) is 88.0 Å². The van der Waals surface area contributed by atoms with E-state index in [9.17, 15) is 4.39 Å². The van der Waals surface area contributed by atoms with Crippen molar-refractivity contribution >= 4 is 34.1 Å². The van der Waals surface area contributed by atoms with Crippen LogP contribution in [-0.4, -0.2) is 27.6 Å². The highest BCUT2D eigenvalue weighted by Crippen LogP contribution is 2.35. The Balaban J connectivity index is 1.50. The summed E-state index contributed by atoms with van der Waals surface area (Å²) in [6.45, 7) is 2.75. The number of hydrogen-bond donors (Lipinski definition) is 0. The smallest absolute Gasteiger partial charge is 0.142 e. The normalized spacial score (nSPS) is 14.4. The number of ether oxygens (including phenoxy) is 1. The molecule has 0 atom stereocenters. The molecule has 0 bridgehead atoms. The van der Waals surface area contributed by atoms with E-state index in [1.807, 2.05) is 35.0 Å². The zero-order valence-electron chi connectivity index (χ0n) is 16.0. The van der Waals surface area contributed by atoms with E-state index in [1.54, 1.807) is 12.3 Å². The van der Waals surface area contributed by atoms with Gasteiger partial charge in [-0.15, -0.1) is 0 Å². The minimum absolute atomic E-state index is 0.250.